The van der Waals surface area contributed by atoms with Crippen molar-refractivity contribution >= 4 is 5.91 Å². The molecule has 1 aromatic carbocycles. The maximum atomic E-state index is 12.0. The van der Waals surface area contributed by atoms with Gasteiger partial charge in [0.25, 0.3) is 5.91 Å². The molecule has 1 saturated heterocycles. The number of amides is 1. The molecule has 23 heavy (non-hydrogen) atoms. The van der Waals surface area contributed by atoms with Crippen LogP contribution in [0.2, 0.25) is 0 Å². The van der Waals surface area contributed by atoms with Gasteiger partial charge in [-0.1, -0.05) is 0 Å². The van der Waals surface area contributed by atoms with Gasteiger partial charge < -0.3 is 14.8 Å². The van der Waals surface area contributed by atoms with E-state index in [2.05, 4.69) is 15.0 Å². The second kappa shape index (κ2) is 8.16. The van der Waals surface area contributed by atoms with E-state index >= 15 is 0 Å². The highest BCUT2D eigenvalue weighted by molar-refractivity contribution is 5.94. The predicted octanol–water partition coefficient (Wildman–Crippen LogP) is 2.04. The van der Waals surface area contributed by atoms with Crippen molar-refractivity contribution in [1.82, 2.24) is 10.2 Å². The average molecular weight is 332 g/mol. The molecule has 0 bridgehead atoms. The van der Waals surface area contributed by atoms with Crippen molar-refractivity contribution in [3.05, 3.63) is 29.8 Å². The van der Waals surface area contributed by atoms with E-state index in [1.807, 2.05) is 0 Å². The Morgan fingerprint density at radius 1 is 1.22 bits per heavy atom. The first-order valence-corrected chi connectivity index (χ1v) is 7.38. The standard InChI is InChI=1S/C15H19F3N2O3/c16-15(17,18)23-13-4-2-12(3-5-13)14(21)19-6-1-7-20-8-10-22-11-9-20/h2-5H,1,6-11H2,(H,19,21). The number of benzene rings is 1. The molecule has 128 valence electrons. The molecule has 0 aliphatic carbocycles. The monoisotopic (exact) mass is 332 g/mol. The van der Waals surface area contributed by atoms with Gasteiger partial charge in [0.05, 0.1) is 13.2 Å². The molecule has 5 nitrogen and oxygen atoms in total. The molecule has 1 aliphatic heterocycles. The van der Waals surface area contributed by atoms with Crippen LogP contribution in [-0.2, 0) is 4.74 Å². The van der Waals surface area contributed by atoms with E-state index in [1.165, 1.54) is 12.1 Å². The number of carbonyl (C=O) groups is 1. The van der Waals surface area contributed by atoms with Gasteiger partial charge in [-0.15, -0.1) is 13.2 Å². The number of alkyl halides is 3. The minimum Gasteiger partial charge on any atom is -0.406 e. The number of rotatable bonds is 6. The minimum absolute atomic E-state index is 0.297. The minimum atomic E-state index is -4.73. The lowest BCUT2D eigenvalue weighted by Gasteiger charge is -2.26. The molecule has 1 fully saturated rings. The molecule has 0 saturated carbocycles. The van der Waals surface area contributed by atoms with Crippen molar-refractivity contribution in [2.45, 2.75) is 12.8 Å². The quantitative estimate of drug-likeness (QED) is 0.810. The average Bonchev–Trinajstić information content (AvgIpc) is 2.51. The zero-order valence-electron chi connectivity index (χ0n) is 12.6. The van der Waals surface area contributed by atoms with Crippen molar-refractivity contribution < 1.29 is 27.4 Å². The van der Waals surface area contributed by atoms with Crippen LogP contribution < -0.4 is 10.1 Å². The number of nitrogens with zero attached hydrogens (tertiary/aromatic N) is 1. The molecule has 1 aliphatic rings. The first kappa shape index (κ1) is 17.6. The summed E-state index contributed by atoms with van der Waals surface area (Å²) in [6.07, 6.45) is -3.93. The smallest absolute Gasteiger partial charge is 0.406 e. The summed E-state index contributed by atoms with van der Waals surface area (Å²) in [6.45, 7) is 4.65. The molecule has 0 unspecified atom stereocenters. The molecule has 8 heteroatoms. The van der Waals surface area contributed by atoms with E-state index in [0.29, 0.717) is 12.1 Å². The summed E-state index contributed by atoms with van der Waals surface area (Å²) in [5.41, 5.74) is 0.297. The zero-order valence-corrected chi connectivity index (χ0v) is 12.6. The summed E-state index contributed by atoms with van der Waals surface area (Å²) < 4.78 is 45.1. The van der Waals surface area contributed by atoms with E-state index in [-0.39, 0.29) is 11.7 Å². The highest BCUT2D eigenvalue weighted by atomic mass is 19.4. The lowest BCUT2D eigenvalue weighted by Crippen LogP contribution is -2.38. The van der Waals surface area contributed by atoms with Gasteiger partial charge in [-0.25, -0.2) is 0 Å². The van der Waals surface area contributed by atoms with Crippen LogP contribution in [0, 0.1) is 0 Å². The molecule has 2 rings (SSSR count). The Hall–Kier alpha value is -1.80. The Morgan fingerprint density at radius 3 is 2.48 bits per heavy atom. The summed E-state index contributed by atoms with van der Waals surface area (Å²) in [6, 6.07) is 4.85. The Bertz CT molecular complexity index is 500. The summed E-state index contributed by atoms with van der Waals surface area (Å²) in [7, 11) is 0. The largest absolute Gasteiger partial charge is 0.573 e. The second-order valence-electron chi connectivity index (χ2n) is 5.14. The van der Waals surface area contributed by atoms with Crippen LogP contribution in [-0.4, -0.2) is 56.6 Å². The molecule has 1 heterocycles. The normalized spacial score (nSPS) is 16.1. The van der Waals surface area contributed by atoms with Crippen LogP contribution >= 0.6 is 0 Å². The van der Waals surface area contributed by atoms with Crippen molar-refractivity contribution in [2.24, 2.45) is 0 Å². The molecule has 0 aromatic heterocycles. The van der Waals surface area contributed by atoms with Gasteiger partial charge in [0.2, 0.25) is 0 Å². The van der Waals surface area contributed by atoms with Crippen molar-refractivity contribution in [2.75, 3.05) is 39.4 Å². The Kier molecular flexibility index (Phi) is 6.23. The lowest BCUT2D eigenvalue weighted by molar-refractivity contribution is -0.274. The molecule has 1 aromatic rings. The third kappa shape index (κ3) is 6.45. The summed E-state index contributed by atoms with van der Waals surface area (Å²) in [5, 5.41) is 2.75. The maximum absolute atomic E-state index is 12.0. The lowest BCUT2D eigenvalue weighted by atomic mass is 10.2. The van der Waals surface area contributed by atoms with Gasteiger partial charge in [0.1, 0.15) is 5.75 Å². The molecule has 1 N–H and O–H groups in total. The Labute approximate surface area is 132 Å². The second-order valence-corrected chi connectivity index (χ2v) is 5.14. The van der Waals surface area contributed by atoms with Gasteiger partial charge in [-0.3, -0.25) is 9.69 Å². The molecular weight excluding hydrogens is 313 g/mol. The third-order valence-corrected chi connectivity index (χ3v) is 3.39. The van der Waals surface area contributed by atoms with Gasteiger partial charge in [-0.2, -0.15) is 0 Å². The van der Waals surface area contributed by atoms with Crippen LogP contribution in [0.15, 0.2) is 24.3 Å². The molecular formula is C15H19F3N2O3. The number of carbonyl (C=O) groups excluding carboxylic acids is 1. The number of halogens is 3. The van der Waals surface area contributed by atoms with Crippen LogP contribution in [0.4, 0.5) is 13.2 Å². The number of ether oxygens (including phenoxy) is 2. The van der Waals surface area contributed by atoms with Gasteiger partial charge in [0.15, 0.2) is 0 Å². The van der Waals surface area contributed by atoms with Crippen molar-refractivity contribution in [3.63, 3.8) is 0 Å². The molecule has 0 spiro atoms. The van der Waals surface area contributed by atoms with E-state index < -0.39 is 6.36 Å². The predicted molar refractivity (Wildman–Crippen MR) is 77.3 cm³/mol. The SMILES string of the molecule is O=C(NCCCN1CCOCC1)c1ccc(OC(F)(F)F)cc1. The van der Waals surface area contributed by atoms with Crippen LogP contribution in [0.25, 0.3) is 0 Å². The highest BCUT2D eigenvalue weighted by Gasteiger charge is 2.31. The number of hydrogen-bond donors (Lipinski definition) is 1. The Balaban J connectivity index is 1.70. The number of hydrogen-bond acceptors (Lipinski definition) is 4. The van der Waals surface area contributed by atoms with Crippen molar-refractivity contribution in [1.29, 1.82) is 0 Å². The molecule has 0 radical (unpaired) electrons. The van der Waals surface area contributed by atoms with Crippen LogP contribution in [0.1, 0.15) is 16.8 Å². The first-order valence-electron chi connectivity index (χ1n) is 7.38. The fourth-order valence-electron chi connectivity index (χ4n) is 2.24. The number of nitrogens with one attached hydrogen (secondary N) is 1. The Morgan fingerprint density at radius 2 is 1.87 bits per heavy atom. The number of morpholine rings is 1. The van der Waals surface area contributed by atoms with Crippen LogP contribution in [0.5, 0.6) is 5.75 Å². The fraction of sp³-hybridized carbons (Fsp3) is 0.533. The first-order chi connectivity index (χ1) is 10.9. The van der Waals surface area contributed by atoms with Crippen LogP contribution in [0.3, 0.4) is 0 Å². The summed E-state index contributed by atoms with van der Waals surface area (Å²) in [4.78, 5) is 14.1. The van der Waals surface area contributed by atoms with Gasteiger partial charge in [-0.05, 0) is 37.2 Å². The fourth-order valence-corrected chi connectivity index (χ4v) is 2.24. The van der Waals surface area contributed by atoms with Gasteiger partial charge >= 0.3 is 6.36 Å². The van der Waals surface area contributed by atoms with E-state index in [4.69, 9.17) is 4.74 Å². The third-order valence-electron chi connectivity index (χ3n) is 3.39. The maximum Gasteiger partial charge on any atom is 0.573 e. The van der Waals surface area contributed by atoms with Gasteiger partial charge in [0, 0.05) is 25.2 Å². The molecule has 0 atom stereocenters. The summed E-state index contributed by atoms with van der Waals surface area (Å²) >= 11 is 0. The van der Waals surface area contributed by atoms with E-state index in [9.17, 15) is 18.0 Å². The summed E-state index contributed by atoms with van der Waals surface area (Å²) in [5.74, 6) is -0.660. The van der Waals surface area contributed by atoms with E-state index in [1.54, 1.807) is 0 Å². The van der Waals surface area contributed by atoms with E-state index in [0.717, 1.165) is 51.4 Å². The van der Waals surface area contributed by atoms with Crippen molar-refractivity contribution in [3.8, 4) is 5.75 Å². The highest BCUT2D eigenvalue weighted by Crippen LogP contribution is 2.22. The molecule has 1 amide bonds. The zero-order chi connectivity index (χ0) is 16.7. The topological polar surface area (TPSA) is 50.8 Å².